The predicted octanol–water partition coefficient (Wildman–Crippen LogP) is 1.63. The second-order valence-corrected chi connectivity index (χ2v) is 2.12. The standard InChI is InChI=1S/C5H5OS/c6-4-5-2-1-3-7-5/h1-4,6H. The largest absolute Gasteiger partial charge is 0.384 e. The van der Waals surface area contributed by atoms with Crippen molar-refractivity contribution in [3.05, 3.63) is 29.0 Å². The molecule has 37 valence electrons. The summed E-state index contributed by atoms with van der Waals surface area (Å²) in [6, 6.07) is 3.75. The third kappa shape index (κ3) is 1.01. The number of aliphatic hydroxyl groups is 1. The summed E-state index contributed by atoms with van der Waals surface area (Å²) in [5, 5.41) is 10.2. The molecule has 1 rings (SSSR count). The Labute approximate surface area is 46.2 Å². The average molecular weight is 113 g/mol. The van der Waals surface area contributed by atoms with Gasteiger partial charge in [-0.15, -0.1) is 11.3 Å². The van der Waals surface area contributed by atoms with Gasteiger partial charge in [-0.25, -0.2) is 0 Å². The molecule has 0 aliphatic heterocycles. The Morgan fingerprint density at radius 1 is 1.71 bits per heavy atom. The highest BCUT2D eigenvalue weighted by Crippen LogP contribution is 2.07. The first-order chi connectivity index (χ1) is 3.43. The van der Waals surface area contributed by atoms with Crippen molar-refractivity contribution < 1.29 is 5.11 Å². The van der Waals surface area contributed by atoms with Crippen LogP contribution in [-0.4, -0.2) is 5.11 Å². The molecule has 1 heterocycles. The Morgan fingerprint density at radius 2 is 2.57 bits per heavy atom. The highest BCUT2D eigenvalue weighted by molar-refractivity contribution is 7.10. The highest BCUT2D eigenvalue weighted by Gasteiger charge is 1.85. The number of thiophene rings is 1. The summed E-state index contributed by atoms with van der Waals surface area (Å²) < 4.78 is 0. The van der Waals surface area contributed by atoms with E-state index >= 15 is 0 Å². The van der Waals surface area contributed by atoms with Crippen molar-refractivity contribution in [1.29, 1.82) is 0 Å². The maximum atomic E-state index is 8.31. The molecule has 0 spiro atoms. The third-order valence-electron chi connectivity index (χ3n) is 0.670. The topological polar surface area (TPSA) is 20.2 Å². The monoisotopic (exact) mass is 113 g/mol. The van der Waals surface area contributed by atoms with Gasteiger partial charge in [0.25, 0.3) is 0 Å². The normalized spacial score (nSPS) is 9.29. The lowest BCUT2D eigenvalue weighted by Gasteiger charge is -1.77. The molecule has 0 aliphatic rings. The summed E-state index contributed by atoms with van der Waals surface area (Å²) in [7, 11) is 0. The van der Waals surface area contributed by atoms with E-state index in [0.717, 1.165) is 11.5 Å². The van der Waals surface area contributed by atoms with Crippen LogP contribution < -0.4 is 0 Å². The maximum absolute atomic E-state index is 8.31. The molecule has 1 nitrogen and oxygen atoms in total. The first-order valence-corrected chi connectivity index (χ1v) is 2.82. The predicted molar refractivity (Wildman–Crippen MR) is 29.7 cm³/mol. The second-order valence-electron chi connectivity index (χ2n) is 1.14. The average Bonchev–Trinajstić information content (AvgIpc) is 2.14. The van der Waals surface area contributed by atoms with Crippen molar-refractivity contribution in [1.82, 2.24) is 0 Å². The number of rotatable bonds is 1. The number of aliphatic hydroxyl groups excluding tert-OH is 1. The first-order valence-electron chi connectivity index (χ1n) is 1.94. The van der Waals surface area contributed by atoms with Crippen molar-refractivity contribution in [2.45, 2.75) is 0 Å². The van der Waals surface area contributed by atoms with Gasteiger partial charge in [0.2, 0.25) is 0 Å². The smallest absolute Gasteiger partial charge is 0.119 e. The van der Waals surface area contributed by atoms with Crippen molar-refractivity contribution in [2.75, 3.05) is 0 Å². The summed E-state index contributed by atoms with van der Waals surface area (Å²) in [5.41, 5.74) is 0. The number of hydrogen-bond acceptors (Lipinski definition) is 2. The van der Waals surface area contributed by atoms with Crippen molar-refractivity contribution in [3.8, 4) is 0 Å². The number of hydrogen-bond donors (Lipinski definition) is 1. The van der Waals surface area contributed by atoms with Crippen LogP contribution in [0, 0.1) is 6.61 Å². The Balaban J connectivity index is 2.76. The van der Waals surface area contributed by atoms with Crippen LogP contribution in [0.15, 0.2) is 17.5 Å². The Bertz CT molecular complexity index is 123. The van der Waals surface area contributed by atoms with Crippen LogP contribution in [0.5, 0.6) is 0 Å². The minimum absolute atomic E-state index is 0.903. The Hall–Kier alpha value is -0.340. The van der Waals surface area contributed by atoms with Gasteiger partial charge in [-0.05, 0) is 11.4 Å². The molecule has 7 heavy (non-hydrogen) atoms. The van der Waals surface area contributed by atoms with E-state index in [1.165, 1.54) is 11.3 Å². The minimum atomic E-state index is 0.903. The van der Waals surface area contributed by atoms with E-state index in [1.54, 1.807) is 0 Å². The zero-order valence-corrected chi connectivity index (χ0v) is 4.48. The molecule has 1 aromatic rings. The molecular formula is C5H5OS. The van der Waals surface area contributed by atoms with Gasteiger partial charge in [0.05, 0.1) is 0 Å². The van der Waals surface area contributed by atoms with Crippen LogP contribution in [0.25, 0.3) is 0 Å². The van der Waals surface area contributed by atoms with Gasteiger partial charge < -0.3 is 5.11 Å². The molecule has 0 saturated carbocycles. The van der Waals surface area contributed by atoms with E-state index < -0.39 is 0 Å². The van der Waals surface area contributed by atoms with Crippen LogP contribution >= 0.6 is 11.3 Å². The van der Waals surface area contributed by atoms with Crippen LogP contribution in [0.3, 0.4) is 0 Å². The fourth-order valence-electron chi connectivity index (χ4n) is 0.365. The van der Waals surface area contributed by atoms with Gasteiger partial charge >= 0.3 is 0 Å². The molecule has 0 bridgehead atoms. The van der Waals surface area contributed by atoms with Crippen molar-refractivity contribution >= 4 is 11.3 Å². The molecule has 0 fully saturated rings. The van der Waals surface area contributed by atoms with E-state index in [1.807, 2.05) is 17.5 Å². The zero-order valence-electron chi connectivity index (χ0n) is 3.66. The molecule has 0 atom stereocenters. The van der Waals surface area contributed by atoms with Crippen LogP contribution in [-0.2, 0) is 0 Å². The summed E-state index contributed by atoms with van der Waals surface area (Å²) in [5.74, 6) is 0. The third-order valence-corrected chi connectivity index (χ3v) is 1.48. The quantitative estimate of drug-likeness (QED) is 0.586. The Morgan fingerprint density at radius 3 is 2.86 bits per heavy atom. The van der Waals surface area contributed by atoms with Gasteiger partial charge in [-0.1, -0.05) is 6.07 Å². The molecule has 1 N–H and O–H groups in total. The molecule has 1 radical (unpaired) electrons. The van der Waals surface area contributed by atoms with Crippen LogP contribution in [0.1, 0.15) is 4.88 Å². The van der Waals surface area contributed by atoms with E-state index in [4.69, 9.17) is 5.11 Å². The van der Waals surface area contributed by atoms with Gasteiger partial charge in [-0.3, -0.25) is 0 Å². The molecule has 0 unspecified atom stereocenters. The summed E-state index contributed by atoms with van der Waals surface area (Å²) >= 11 is 1.52. The second kappa shape index (κ2) is 2.09. The van der Waals surface area contributed by atoms with Crippen LogP contribution in [0.4, 0.5) is 0 Å². The highest BCUT2D eigenvalue weighted by atomic mass is 32.1. The maximum Gasteiger partial charge on any atom is 0.119 e. The molecule has 0 aromatic carbocycles. The Kier molecular flexibility index (Phi) is 1.44. The fraction of sp³-hybridized carbons (Fsp3) is 0. The zero-order chi connectivity index (χ0) is 5.11. The molecule has 0 amide bonds. The summed E-state index contributed by atoms with van der Waals surface area (Å²) in [4.78, 5) is 0.903. The van der Waals surface area contributed by atoms with Gasteiger partial charge in [-0.2, -0.15) is 0 Å². The molecule has 1 aromatic heterocycles. The molecule has 2 heteroatoms. The van der Waals surface area contributed by atoms with Gasteiger partial charge in [0.1, 0.15) is 6.61 Å². The molecule has 0 saturated heterocycles. The molecule has 0 aliphatic carbocycles. The van der Waals surface area contributed by atoms with Gasteiger partial charge in [0.15, 0.2) is 0 Å². The van der Waals surface area contributed by atoms with Crippen LogP contribution in [0.2, 0.25) is 0 Å². The SMILES string of the molecule is O[CH]c1cccs1. The van der Waals surface area contributed by atoms with Crippen molar-refractivity contribution in [3.63, 3.8) is 0 Å². The fourth-order valence-corrected chi connectivity index (χ4v) is 0.897. The minimum Gasteiger partial charge on any atom is -0.384 e. The lowest BCUT2D eigenvalue weighted by Crippen LogP contribution is -1.64. The van der Waals surface area contributed by atoms with E-state index in [9.17, 15) is 0 Å². The van der Waals surface area contributed by atoms with E-state index in [0.29, 0.717) is 0 Å². The van der Waals surface area contributed by atoms with E-state index in [2.05, 4.69) is 0 Å². The lowest BCUT2D eigenvalue weighted by atomic mass is 10.5. The van der Waals surface area contributed by atoms with Crippen molar-refractivity contribution in [2.24, 2.45) is 0 Å². The molecular weight excluding hydrogens is 108 g/mol. The summed E-state index contributed by atoms with van der Waals surface area (Å²) in [6.07, 6.45) is 0. The van der Waals surface area contributed by atoms with Gasteiger partial charge in [0, 0.05) is 4.88 Å². The van der Waals surface area contributed by atoms with E-state index in [-0.39, 0.29) is 0 Å². The summed E-state index contributed by atoms with van der Waals surface area (Å²) in [6.45, 7) is 1.10. The first kappa shape index (κ1) is 4.81. The lowest BCUT2D eigenvalue weighted by molar-refractivity contribution is 0.418.